The number of fused-ring (bicyclic) bond motifs is 1. The maximum Gasteiger partial charge on any atom is 0.243 e. The fourth-order valence-electron chi connectivity index (χ4n) is 1.23. The van der Waals surface area contributed by atoms with E-state index in [-0.39, 0.29) is 5.16 Å². The SMILES string of the molecule is CS(=O)(=O)c1nc2cc(I)ccc2n1Cl. The van der Waals surface area contributed by atoms with Crippen LogP contribution in [0.1, 0.15) is 0 Å². The molecule has 0 N–H and O–H groups in total. The smallest absolute Gasteiger partial charge is 0.224 e. The summed E-state index contributed by atoms with van der Waals surface area (Å²) in [7, 11) is -3.39. The molecular formula is C8H6ClIN2O2S. The summed E-state index contributed by atoms with van der Waals surface area (Å²) in [5, 5.41) is -0.124. The Kier molecular flexibility index (Phi) is 2.68. The number of imidazole rings is 1. The summed E-state index contributed by atoms with van der Waals surface area (Å²) in [6.07, 6.45) is 1.08. The zero-order valence-electron chi connectivity index (χ0n) is 7.61. The number of aromatic nitrogens is 2. The van der Waals surface area contributed by atoms with Crippen molar-refractivity contribution in [2.75, 3.05) is 6.26 Å². The lowest BCUT2D eigenvalue weighted by Crippen LogP contribution is -2.02. The van der Waals surface area contributed by atoms with Gasteiger partial charge in [0.05, 0.1) is 11.0 Å². The van der Waals surface area contributed by atoms with Gasteiger partial charge in [0, 0.05) is 21.6 Å². The van der Waals surface area contributed by atoms with Crippen molar-refractivity contribution in [3.8, 4) is 0 Å². The van der Waals surface area contributed by atoms with Crippen LogP contribution in [0.2, 0.25) is 0 Å². The van der Waals surface area contributed by atoms with Crippen molar-refractivity contribution in [1.29, 1.82) is 0 Å². The lowest BCUT2D eigenvalue weighted by atomic mass is 10.3. The van der Waals surface area contributed by atoms with E-state index < -0.39 is 9.84 Å². The van der Waals surface area contributed by atoms with Crippen LogP contribution in [-0.4, -0.2) is 23.7 Å². The second-order valence-electron chi connectivity index (χ2n) is 3.08. The van der Waals surface area contributed by atoms with Crippen molar-refractivity contribution in [3.05, 3.63) is 21.8 Å². The molecule has 0 amide bonds. The van der Waals surface area contributed by atoms with E-state index in [9.17, 15) is 8.42 Å². The molecule has 0 aliphatic carbocycles. The first kappa shape index (κ1) is 11.2. The topological polar surface area (TPSA) is 52.0 Å². The number of benzene rings is 1. The lowest BCUT2D eigenvalue weighted by molar-refractivity contribution is 0.593. The summed E-state index contributed by atoms with van der Waals surface area (Å²) in [6.45, 7) is 0. The van der Waals surface area contributed by atoms with Crippen LogP contribution in [0.5, 0.6) is 0 Å². The van der Waals surface area contributed by atoms with Crippen molar-refractivity contribution >= 4 is 55.2 Å². The van der Waals surface area contributed by atoms with Gasteiger partial charge in [0.1, 0.15) is 0 Å². The molecule has 0 spiro atoms. The molecule has 2 aromatic rings. The Bertz CT molecular complexity index is 635. The molecule has 80 valence electrons. The largest absolute Gasteiger partial charge is 0.243 e. The summed E-state index contributed by atoms with van der Waals surface area (Å²) >= 11 is 7.99. The van der Waals surface area contributed by atoms with Crippen molar-refractivity contribution < 1.29 is 8.42 Å². The summed E-state index contributed by atoms with van der Waals surface area (Å²) in [5.41, 5.74) is 1.18. The molecule has 0 radical (unpaired) electrons. The molecular weight excluding hydrogens is 351 g/mol. The quantitative estimate of drug-likeness (QED) is 0.735. The van der Waals surface area contributed by atoms with Gasteiger partial charge in [-0.05, 0) is 40.8 Å². The summed E-state index contributed by atoms with van der Waals surface area (Å²) in [4.78, 5) is 3.98. The second kappa shape index (κ2) is 3.60. The Morgan fingerprint density at radius 3 is 2.73 bits per heavy atom. The second-order valence-corrected chi connectivity index (χ2v) is 6.57. The van der Waals surface area contributed by atoms with Gasteiger partial charge < -0.3 is 0 Å². The highest BCUT2D eigenvalue weighted by Crippen LogP contribution is 2.22. The highest BCUT2D eigenvalue weighted by Gasteiger charge is 2.18. The number of hydrogen-bond acceptors (Lipinski definition) is 3. The number of rotatable bonds is 1. The summed E-state index contributed by atoms with van der Waals surface area (Å²) in [5.74, 6) is 0. The van der Waals surface area contributed by atoms with Crippen LogP contribution >= 0.6 is 34.4 Å². The molecule has 0 atom stereocenters. The maximum absolute atomic E-state index is 11.3. The lowest BCUT2D eigenvalue weighted by Gasteiger charge is -1.95. The van der Waals surface area contributed by atoms with Gasteiger partial charge >= 0.3 is 0 Å². The standard InChI is InChI=1S/C8H6ClIN2O2S/c1-15(13,14)8-11-6-4-5(10)2-3-7(6)12(8)9/h2-4H,1H3. The molecule has 0 aliphatic heterocycles. The van der Waals surface area contributed by atoms with Crippen molar-refractivity contribution in [1.82, 2.24) is 9.07 Å². The van der Waals surface area contributed by atoms with Gasteiger partial charge in [0.15, 0.2) is 0 Å². The van der Waals surface area contributed by atoms with E-state index in [1.165, 1.54) is 0 Å². The van der Waals surface area contributed by atoms with E-state index in [2.05, 4.69) is 27.6 Å². The van der Waals surface area contributed by atoms with E-state index in [1.807, 2.05) is 6.07 Å². The zero-order chi connectivity index (χ0) is 11.2. The molecule has 0 bridgehead atoms. The fourth-order valence-corrected chi connectivity index (χ4v) is 2.92. The first-order chi connectivity index (χ1) is 6.89. The normalized spacial score (nSPS) is 12.2. The van der Waals surface area contributed by atoms with E-state index in [4.69, 9.17) is 11.8 Å². The molecule has 0 unspecified atom stereocenters. The van der Waals surface area contributed by atoms with Gasteiger partial charge in [0.2, 0.25) is 15.0 Å². The number of hydrogen-bond donors (Lipinski definition) is 0. The average molecular weight is 357 g/mol. The minimum absolute atomic E-state index is 0.124. The molecule has 0 aliphatic rings. The fraction of sp³-hybridized carbons (Fsp3) is 0.125. The number of nitrogens with zero attached hydrogens (tertiary/aromatic N) is 2. The average Bonchev–Trinajstić information content (AvgIpc) is 2.42. The molecule has 2 rings (SSSR count). The van der Waals surface area contributed by atoms with Crippen LogP contribution in [-0.2, 0) is 9.84 Å². The third-order valence-electron chi connectivity index (χ3n) is 1.86. The third kappa shape index (κ3) is 1.98. The molecule has 4 nitrogen and oxygen atoms in total. The maximum atomic E-state index is 11.3. The molecule has 1 aromatic heterocycles. The molecule has 0 fully saturated rings. The first-order valence-corrected chi connectivity index (χ1v) is 7.24. The predicted octanol–water partition coefficient (Wildman–Crippen LogP) is 2.05. The van der Waals surface area contributed by atoms with Gasteiger partial charge in [-0.25, -0.2) is 17.5 Å². The van der Waals surface area contributed by atoms with E-state index >= 15 is 0 Å². The monoisotopic (exact) mass is 356 g/mol. The van der Waals surface area contributed by atoms with E-state index in [1.54, 1.807) is 12.1 Å². The van der Waals surface area contributed by atoms with Crippen LogP contribution in [0.4, 0.5) is 0 Å². The molecule has 0 saturated heterocycles. The Morgan fingerprint density at radius 2 is 2.13 bits per heavy atom. The Hall–Kier alpha value is -0.340. The van der Waals surface area contributed by atoms with E-state index in [0.29, 0.717) is 11.0 Å². The number of halogens is 2. The van der Waals surface area contributed by atoms with Crippen LogP contribution in [0.15, 0.2) is 23.4 Å². The molecule has 1 aromatic carbocycles. The Morgan fingerprint density at radius 1 is 1.47 bits per heavy atom. The zero-order valence-corrected chi connectivity index (χ0v) is 11.3. The predicted molar refractivity (Wildman–Crippen MR) is 66.8 cm³/mol. The highest BCUT2D eigenvalue weighted by atomic mass is 127. The minimum Gasteiger partial charge on any atom is -0.224 e. The molecule has 7 heteroatoms. The van der Waals surface area contributed by atoms with Gasteiger partial charge in [-0.3, -0.25) is 0 Å². The Labute approximate surface area is 105 Å². The third-order valence-corrected chi connectivity index (χ3v) is 3.92. The van der Waals surface area contributed by atoms with Gasteiger partial charge in [-0.2, -0.15) is 0 Å². The minimum atomic E-state index is -3.39. The van der Waals surface area contributed by atoms with Crippen molar-refractivity contribution in [2.24, 2.45) is 0 Å². The number of sulfone groups is 1. The highest BCUT2D eigenvalue weighted by molar-refractivity contribution is 14.1. The van der Waals surface area contributed by atoms with Crippen LogP contribution in [0.3, 0.4) is 0 Å². The molecule has 1 heterocycles. The van der Waals surface area contributed by atoms with Gasteiger partial charge in [-0.1, -0.05) is 0 Å². The summed E-state index contributed by atoms with van der Waals surface area (Å²) in [6, 6.07) is 5.37. The van der Waals surface area contributed by atoms with Crippen LogP contribution in [0, 0.1) is 3.57 Å². The van der Waals surface area contributed by atoms with Crippen molar-refractivity contribution in [3.63, 3.8) is 0 Å². The van der Waals surface area contributed by atoms with Gasteiger partial charge in [0.25, 0.3) is 0 Å². The van der Waals surface area contributed by atoms with Gasteiger partial charge in [-0.15, -0.1) is 0 Å². The molecule has 0 saturated carbocycles. The van der Waals surface area contributed by atoms with Crippen LogP contribution < -0.4 is 0 Å². The van der Waals surface area contributed by atoms with E-state index in [0.717, 1.165) is 13.9 Å². The van der Waals surface area contributed by atoms with Crippen LogP contribution in [0.25, 0.3) is 11.0 Å². The summed E-state index contributed by atoms with van der Waals surface area (Å²) < 4.78 is 24.7. The first-order valence-electron chi connectivity index (χ1n) is 3.94. The molecule has 15 heavy (non-hydrogen) atoms. The van der Waals surface area contributed by atoms with Crippen molar-refractivity contribution in [2.45, 2.75) is 5.16 Å². The Balaban J connectivity index is 2.87.